The zero-order valence-electron chi connectivity index (χ0n) is 11.7. The normalized spacial score (nSPS) is 14.4. The van der Waals surface area contributed by atoms with E-state index in [1.165, 1.54) is 18.2 Å². The number of phenols is 1. The van der Waals surface area contributed by atoms with E-state index in [2.05, 4.69) is 0 Å². The predicted octanol–water partition coefficient (Wildman–Crippen LogP) is 1.43. The molecule has 0 bridgehead atoms. The second kappa shape index (κ2) is 5.92. The number of ether oxygens (including phenoxy) is 1. The van der Waals surface area contributed by atoms with Crippen molar-refractivity contribution in [3.63, 3.8) is 0 Å². The van der Waals surface area contributed by atoms with Crippen molar-refractivity contribution in [3.05, 3.63) is 29.8 Å². The Bertz CT molecular complexity index is 507. The summed E-state index contributed by atoms with van der Waals surface area (Å²) in [5.74, 6) is -3.85. The standard InChI is InChI=1S/C14H19NO5/c1-14(2,3)20-13(19)10(12(17)18)11(15)8-5-4-6-9(16)7-8/h4-7,10-11,16H,15H2,1-3H3,(H,17,18). The number of carboxylic acid groups (broad SMARTS) is 1. The highest BCUT2D eigenvalue weighted by Gasteiger charge is 2.37. The van der Waals surface area contributed by atoms with Crippen molar-refractivity contribution in [1.82, 2.24) is 0 Å². The first-order valence-corrected chi connectivity index (χ1v) is 6.12. The maximum absolute atomic E-state index is 12.0. The minimum atomic E-state index is -1.53. The SMILES string of the molecule is CC(C)(C)OC(=O)C(C(=O)O)C(N)c1cccc(O)c1. The fourth-order valence-electron chi connectivity index (χ4n) is 1.69. The molecule has 20 heavy (non-hydrogen) atoms. The van der Waals surface area contributed by atoms with E-state index in [0.29, 0.717) is 5.56 Å². The summed E-state index contributed by atoms with van der Waals surface area (Å²) in [5, 5.41) is 18.6. The third-order valence-electron chi connectivity index (χ3n) is 2.54. The molecule has 0 saturated carbocycles. The van der Waals surface area contributed by atoms with Gasteiger partial charge in [0.05, 0.1) is 6.04 Å². The first kappa shape index (κ1) is 16.0. The van der Waals surface area contributed by atoms with Crippen LogP contribution in [0.25, 0.3) is 0 Å². The summed E-state index contributed by atoms with van der Waals surface area (Å²) >= 11 is 0. The number of carboxylic acids is 1. The van der Waals surface area contributed by atoms with Crippen molar-refractivity contribution in [3.8, 4) is 5.75 Å². The Hall–Kier alpha value is -2.08. The minimum Gasteiger partial charge on any atom is -0.508 e. The molecule has 0 aromatic heterocycles. The Labute approximate surface area is 117 Å². The van der Waals surface area contributed by atoms with Gasteiger partial charge in [-0.3, -0.25) is 9.59 Å². The molecule has 1 aromatic carbocycles. The summed E-state index contributed by atoms with van der Waals surface area (Å²) in [4.78, 5) is 23.2. The van der Waals surface area contributed by atoms with Crippen molar-refractivity contribution in [2.75, 3.05) is 0 Å². The van der Waals surface area contributed by atoms with Crippen LogP contribution in [0.3, 0.4) is 0 Å². The molecule has 0 spiro atoms. The minimum absolute atomic E-state index is 0.0497. The van der Waals surface area contributed by atoms with E-state index in [-0.39, 0.29) is 5.75 Å². The molecule has 4 N–H and O–H groups in total. The van der Waals surface area contributed by atoms with Crippen LogP contribution in [0.5, 0.6) is 5.75 Å². The van der Waals surface area contributed by atoms with Gasteiger partial charge in [0.1, 0.15) is 11.4 Å². The van der Waals surface area contributed by atoms with Crippen molar-refractivity contribution in [1.29, 1.82) is 0 Å². The molecule has 0 heterocycles. The molecular weight excluding hydrogens is 262 g/mol. The van der Waals surface area contributed by atoms with Crippen molar-refractivity contribution in [2.24, 2.45) is 11.7 Å². The van der Waals surface area contributed by atoms with Crippen LogP contribution < -0.4 is 5.73 Å². The maximum atomic E-state index is 12.0. The van der Waals surface area contributed by atoms with Gasteiger partial charge in [0, 0.05) is 0 Å². The van der Waals surface area contributed by atoms with E-state index in [1.807, 2.05) is 0 Å². The van der Waals surface area contributed by atoms with Crippen LogP contribution in [0.1, 0.15) is 32.4 Å². The van der Waals surface area contributed by atoms with Gasteiger partial charge in [0.15, 0.2) is 5.92 Å². The summed E-state index contributed by atoms with van der Waals surface area (Å²) in [6.45, 7) is 4.93. The largest absolute Gasteiger partial charge is 0.508 e. The molecule has 6 nitrogen and oxygen atoms in total. The Morgan fingerprint density at radius 2 is 1.90 bits per heavy atom. The van der Waals surface area contributed by atoms with Gasteiger partial charge >= 0.3 is 11.9 Å². The first-order valence-electron chi connectivity index (χ1n) is 6.12. The summed E-state index contributed by atoms with van der Waals surface area (Å²) < 4.78 is 5.07. The van der Waals surface area contributed by atoms with Gasteiger partial charge in [-0.25, -0.2) is 0 Å². The van der Waals surface area contributed by atoms with Crippen LogP contribution in [0.2, 0.25) is 0 Å². The van der Waals surface area contributed by atoms with Gasteiger partial charge in [-0.1, -0.05) is 12.1 Å². The molecule has 0 radical (unpaired) electrons. The molecule has 0 aliphatic rings. The molecule has 1 aromatic rings. The monoisotopic (exact) mass is 281 g/mol. The zero-order valence-corrected chi connectivity index (χ0v) is 11.7. The molecule has 0 aliphatic heterocycles. The molecule has 110 valence electrons. The van der Waals surface area contributed by atoms with Crippen LogP contribution in [0.4, 0.5) is 0 Å². The Balaban J connectivity index is 3.02. The summed E-state index contributed by atoms with van der Waals surface area (Å²) in [7, 11) is 0. The number of hydrogen-bond donors (Lipinski definition) is 3. The van der Waals surface area contributed by atoms with E-state index in [9.17, 15) is 19.8 Å². The molecule has 2 unspecified atom stereocenters. The molecule has 0 amide bonds. The molecule has 1 rings (SSSR count). The third-order valence-corrected chi connectivity index (χ3v) is 2.54. The van der Waals surface area contributed by atoms with Crippen molar-refractivity contribution in [2.45, 2.75) is 32.4 Å². The van der Waals surface area contributed by atoms with E-state index in [1.54, 1.807) is 26.8 Å². The van der Waals surface area contributed by atoms with Crippen LogP contribution in [-0.2, 0) is 14.3 Å². The van der Waals surface area contributed by atoms with Gasteiger partial charge < -0.3 is 20.7 Å². The van der Waals surface area contributed by atoms with Crippen LogP contribution in [-0.4, -0.2) is 27.8 Å². The predicted molar refractivity (Wildman–Crippen MR) is 72.0 cm³/mol. The zero-order chi connectivity index (χ0) is 15.5. The number of esters is 1. The maximum Gasteiger partial charge on any atom is 0.322 e. The number of aliphatic carboxylic acids is 1. The lowest BCUT2D eigenvalue weighted by atomic mass is 9.93. The van der Waals surface area contributed by atoms with Gasteiger partial charge in [-0.2, -0.15) is 0 Å². The highest BCUT2D eigenvalue weighted by Crippen LogP contribution is 2.25. The van der Waals surface area contributed by atoms with Crippen LogP contribution in [0.15, 0.2) is 24.3 Å². The first-order chi connectivity index (χ1) is 9.11. The molecular formula is C14H19NO5. The molecule has 2 atom stereocenters. The number of rotatable bonds is 4. The van der Waals surface area contributed by atoms with Gasteiger partial charge in [0.2, 0.25) is 0 Å². The number of nitrogens with two attached hydrogens (primary N) is 1. The van der Waals surface area contributed by atoms with E-state index in [0.717, 1.165) is 0 Å². The topological polar surface area (TPSA) is 110 Å². The lowest BCUT2D eigenvalue weighted by Gasteiger charge is -2.25. The van der Waals surface area contributed by atoms with Crippen LogP contribution in [0, 0.1) is 5.92 Å². The quantitative estimate of drug-likeness (QED) is 0.569. The van der Waals surface area contributed by atoms with E-state index < -0.39 is 29.5 Å². The van der Waals surface area contributed by atoms with Gasteiger partial charge in [0.25, 0.3) is 0 Å². The smallest absolute Gasteiger partial charge is 0.322 e. The molecule has 0 saturated heterocycles. The van der Waals surface area contributed by atoms with Gasteiger partial charge in [-0.15, -0.1) is 0 Å². The Morgan fingerprint density at radius 1 is 1.30 bits per heavy atom. The highest BCUT2D eigenvalue weighted by atomic mass is 16.6. The van der Waals surface area contributed by atoms with E-state index in [4.69, 9.17) is 10.5 Å². The summed E-state index contributed by atoms with van der Waals surface area (Å²) in [6, 6.07) is 4.72. The summed E-state index contributed by atoms with van der Waals surface area (Å²) in [6.07, 6.45) is 0. The Morgan fingerprint density at radius 3 is 2.35 bits per heavy atom. The average Bonchev–Trinajstić information content (AvgIpc) is 2.25. The van der Waals surface area contributed by atoms with Gasteiger partial charge in [-0.05, 0) is 38.5 Å². The van der Waals surface area contributed by atoms with Crippen molar-refractivity contribution >= 4 is 11.9 Å². The number of aromatic hydroxyl groups is 1. The summed E-state index contributed by atoms with van der Waals surface area (Å²) in [5.41, 5.74) is 5.38. The highest BCUT2D eigenvalue weighted by molar-refractivity contribution is 5.95. The molecule has 0 fully saturated rings. The third kappa shape index (κ3) is 4.24. The van der Waals surface area contributed by atoms with Crippen LogP contribution >= 0.6 is 0 Å². The fourth-order valence-corrected chi connectivity index (χ4v) is 1.69. The lowest BCUT2D eigenvalue weighted by Crippen LogP contribution is -2.39. The van der Waals surface area contributed by atoms with E-state index >= 15 is 0 Å². The fraction of sp³-hybridized carbons (Fsp3) is 0.429. The number of carbonyl (C=O) groups is 2. The molecule has 0 aliphatic carbocycles. The number of carbonyl (C=O) groups excluding carboxylic acids is 1. The average molecular weight is 281 g/mol. The second-order valence-electron chi connectivity index (χ2n) is 5.47. The number of phenolic OH excluding ortho intramolecular Hbond substituents is 1. The number of hydrogen-bond acceptors (Lipinski definition) is 5. The number of benzene rings is 1. The Kier molecular flexibility index (Phi) is 4.73. The second-order valence-corrected chi connectivity index (χ2v) is 5.47. The lowest BCUT2D eigenvalue weighted by molar-refractivity contribution is -0.167. The molecule has 6 heteroatoms. The van der Waals surface area contributed by atoms with Crippen molar-refractivity contribution < 1.29 is 24.5 Å².